The molecule has 6 heteroatoms. The minimum atomic E-state index is -1.13. The molecule has 0 saturated carbocycles. The number of hydrogen-bond donors (Lipinski definition) is 2. The molecule has 0 heterocycles. The summed E-state index contributed by atoms with van der Waals surface area (Å²) in [6.45, 7) is 8.79. The van der Waals surface area contributed by atoms with Crippen LogP contribution in [0.2, 0.25) is 0 Å². The van der Waals surface area contributed by atoms with Gasteiger partial charge >= 0.3 is 5.97 Å². The predicted molar refractivity (Wildman–Crippen MR) is 87.2 cm³/mol. The summed E-state index contributed by atoms with van der Waals surface area (Å²) in [5.41, 5.74) is -0.649. The average molecular weight is 320 g/mol. The molecule has 0 unspecified atom stereocenters. The molecule has 0 spiro atoms. The number of esters is 1. The van der Waals surface area contributed by atoms with E-state index in [-0.39, 0.29) is 11.4 Å². The zero-order valence-corrected chi connectivity index (χ0v) is 14.4. The summed E-state index contributed by atoms with van der Waals surface area (Å²) < 4.78 is 4.64. The number of rotatable bonds is 4. The lowest BCUT2D eigenvalue weighted by molar-refractivity contribution is -0.146. The smallest absolute Gasteiger partial charge is 0.330 e. The zero-order valence-electron chi connectivity index (χ0n) is 14.4. The lowest BCUT2D eigenvalue weighted by atomic mass is 10.0. The van der Waals surface area contributed by atoms with Gasteiger partial charge in [0.15, 0.2) is 0 Å². The summed E-state index contributed by atoms with van der Waals surface area (Å²) in [4.78, 5) is 35.8. The molecular weight excluding hydrogens is 296 g/mol. The molecule has 2 N–H and O–H groups in total. The minimum absolute atomic E-state index is 0.209. The van der Waals surface area contributed by atoms with Crippen molar-refractivity contribution in [1.82, 2.24) is 10.6 Å². The Kier molecular flexibility index (Phi) is 5.53. The predicted octanol–water partition coefficient (Wildman–Crippen LogP) is 1.90. The van der Waals surface area contributed by atoms with Gasteiger partial charge in [0.2, 0.25) is 0 Å². The normalized spacial score (nSPS) is 11.6. The van der Waals surface area contributed by atoms with Crippen molar-refractivity contribution in [2.45, 2.75) is 45.7 Å². The number of amides is 2. The van der Waals surface area contributed by atoms with Gasteiger partial charge in [-0.1, -0.05) is 0 Å². The Balaban J connectivity index is 2.82. The molecule has 1 aromatic rings. The van der Waals surface area contributed by atoms with Gasteiger partial charge in [-0.2, -0.15) is 0 Å². The van der Waals surface area contributed by atoms with E-state index in [1.54, 1.807) is 38.1 Å². The molecule has 0 aliphatic rings. The number of nitrogens with one attached hydrogen (secondary N) is 2. The van der Waals surface area contributed by atoms with E-state index < -0.39 is 17.4 Å². The Morgan fingerprint density at radius 1 is 0.826 bits per heavy atom. The van der Waals surface area contributed by atoms with Crippen LogP contribution in [-0.4, -0.2) is 36.0 Å². The van der Waals surface area contributed by atoms with Gasteiger partial charge in [-0.15, -0.1) is 0 Å². The van der Waals surface area contributed by atoms with Gasteiger partial charge in [-0.25, -0.2) is 4.79 Å². The van der Waals surface area contributed by atoms with Crippen molar-refractivity contribution < 1.29 is 19.1 Å². The van der Waals surface area contributed by atoms with Gasteiger partial charge < -0.3 is 15.4 Å². The maximum absolute atomic E-state index is 12.2. The van der Waals surface area contributed by atoms with Crippen molar-refractivity contribution in [3.8, 4) is 0 Å². The molecule has 0 aliphatic heterocycles. The molecule has 0 fully saturated rings. The highest BCUT2D eigenvalue weighted by Gasteiger charge is 2.30. The summed E-state index contributed by atoms with van der Waals surface area (Å²) in [5, 5.41) is 5.44. The van der Waals surface area contributed by atoms with Gasteiger partial charge in [0.25, 0.3) is 11.8 Å². The monoisotopic (exact) mass is 320 g/mol. The number of carbonyl (C=O) groups is 3. The topological polar surface area (TPSA) is 84.5 Å². The van der Waals surface area contributed by atoms with E-state index in [1.807, 2.05) is 20.8 Å². The lowest BCUT2D eigenvalue weighted by Gasteiger charge is -2.23. The first-order valence-corrected chi connectivity index (χ1v) is 7.30. The minimum Gasteiger partial charge on any atom is -0.467 e. The van der Waals surface area contributed by atoms with E-state index in [4.69, 9.17) is 0 Å². The number of ether oxygens (including phenoxy) is 1. The van der Waals surface area contributed by atoms with Crippen LogP contribution in [0.15, 0.2) is 24.3 Å². The fraction of sp³-hybridized carbons (Fsp3) is 0.471. The molecule has 0 radical (unpaired) electrons. The number of benzene rings is 1. The summed E-state index contributed by atoms with van der Waals surface area (Å²) in [6.07, 6.45) is 0. The lowest BCUT2D eigenvalue weighted by Crippen LogP contribution is -2.50. The van der Waals surface area contributed by atoms with Crippen LogP contribution in [0.4, 0.5) is 0 Å². The highest BCUT2D eigenvalue weighted by Crippen LogP contribution is 2.10. The van der Waals surface area contributed by atoms with Gasteiger partial charge in [0.05, 0.1) is 7.11 Å². The second-order valence-electron chi connectivity index (χ2n) is 6.85. The van der Waals surface area contributed by atoms with Gasteiger partial charge in [0, 0.05) is 16.7 Å². The second kappa shape index (κ2) is 6.81. The van der Waals surface area contributed by atoms with Crippen LogP contribution in [0.5, 0.6) is 0 Å². The van der Waals surface area contributed by atoms with Crippen LogP contribution < -0.4 is 10.6 Å². The number of carbonyl (C=O) groups excluding carboxylic acids is 3. The zero-order chi connectivity index (χ0) is 17.8. The van der Waals surface area contributed by atoms with E-state index >= 15 is 0 Å². The molecule has 126 valence electrons. The molecule has 0 aliphatic carbocycles. The third kappa shape index (κ3) is 5.39. The second-order valence-corrected chi connectivity index (χ2v) is 6.85. The fourth-order valence-corrected chi connectivity index (χ4v) is 1.85. The molecule has 1 aromatic carbocycles. The Labute approximate surface area is 136 Å². The first-order valence-electron chi connectivity index (χ1n) is 7.30. The standard InChI is InChI=1S/C17H24N2O4/c1-16(2,3)18-13(20)11-7-9-12(10-8-11)14(21)19-17(4,5)15(22)23-6/h7-10H,1-6H3,(H,18,20)(H,19,21). The molecule has 0 bridgehead atoms. The fourth-order valence-electron chi connectivity index (χ4n) is 1.85. The molecular formula is C17H24N2O4. The SMILES string of the molecule is COC(=O)C(C)(C)NC(=O)c1ccc(C(=O)NC(C)(C)C)cc1. The van der Waals surface area contributed by atoms with Crippen LogP contribution in [0, 0.1) is 0 Å². The Hall–Kier alpha value is -2.37. The molecule has 2 amide bonds. The molecule has 1 rings (SSSR count). The van der Waals surface area contributed by atoms with Crippen LogP contribution in [-0.2, 0) is 9.53 Å². The quantitative estimate of drug-likeness (QED) is 0.830. The first-order chi connectivity index (χ1) is 10.5. The average Bonchev–Trinajstić information content (AvgIpc) is 2.44. The molecule has 0 saturated heterocycles. The van der Waals surface area contributed by atoms with Crippen molar-refractivity contribution in [1.29, 1.82) is 0 Å². The van der Waals surface area contributed by atoms with E-state index in [1.165, 1.54) is 7.11 Å². The summed E-state index contributed by atoms with van der Waals surface area (Å²) >= 11 is 0. The Bertz CT molecular complexity index is 598. The van der Waals surface area contributed by atoms with Gasteiger partial charge in [-0.05, 0) is 58.9 Å². The van der Waals surface area contributed by atoms with Crippen molar-refractivity contribution in [3.63, 3.8) is 0 Å². The van der Waals surface area contributed by atoms with Crippen molar-refractivity contribution >= 4 is 17.8 Å². The Morgan fingerprint density at radius 2 is 1.22 bits per heavy atom. The number of methoxy groups -OCH3 is 1. The van der Waals surface area contributed by atoms with Gasteiger partial charge in [-0.3, -0.25) is 9.59 Å². The summed E-state index contributed by atoms with van der Waals surface area (Å²) in [6, 6.07) is 6.22. The number of hydrogen-bond acceptors (Lipinski definition) is 4. The summed E-state index contributed by atoms with van der Waals surface area (Å²) in [5.74, 6) is -1.16. The van der Waals surface area contributed by atoms with Crippen LogP contribution in [0.1, 0.15) is 55.3 Å². The molecule has 0 atom stereocenters. The highest BCUT2D eigenvalue weighted by atomic mass is 16.5. The molecule has 0 aromatic heterocycles. The van der Waals surface area contributed by atoms with Crippen LogP contribution >= 0.6 is 0 Å². The van der Waals surface area contributed by atoms with E-state index in [0.717, 1.165) is 0 Å². The molecule has 6 nitrogen and oxygen atoms in total. The Morgan fingerprint density at radius 3 is 1.57 bits per heavy atom. The third-order valence-electron chi connectivity index (χ3n) is 3.02. The van der Waals surface area contributed by atoms with E-state index in [2.05, 4.69) is 15.4 Å². The van der Waals surface area contributed by atoms with Crippen molar-refractivity contribution in [3.05, 3.63) is 35.4 Å². The van der Waals surface area contributed by atoms with Gasteiger partial charge in [0.1, 0.15) is 5.54 Å². The largest absolute Gasteiger partial charge is 0.467 e. The summed E-state index contributed by atoms with van der Waals surface area (Å²) in [7, 11) is 1.26. The maximum atomic E-state index is 12.2. The first kappa shape index (κ1) is 18.7. The third-order valence-corrected chi connectivity index (χ3v) is 3.02. The van der Waals surface area contributed by atoms with Crippen LogP contribution in [0.25, 0.3) is 0 Å². The molecule has 23 heavy (non-hydrogen) atoms. The van der Waals surface area contributed by atoms with Crippen molar-refractivity contribution in [2.75, 3.05) is 7.11 Å². The van der Waals surface area contributed by atoms with E-state index in [0.29, 0.717) is 11.1 Å². The van der Waals surface area contributed by atoms with E-state index in [9.17, 15) is 14.4 Å². The van der Waals surface area contributed by atoms with Crippen molar-refractivity contribution in [2.24, 2.45) is 0 Å². The maximum Gasteiger partial charge on any atom is 0.330 e. The van der Waals surface area contributed by atoms with Crippen LogP contribution in [0.3, 0.4) is 0 Å². The highest BCUT2D eigenvalue weighted by molar-refractivity contribution is 5.99.